The number of halogens is 2. The van der Waals surface area contributed by atoms with Crippen LogP contribution in [0, 0.1) is 29.4 Å². The SMILES string of the molecule is C=CCOc1ccc(OC(=O)c2ccc(C3CCC4CC(/C=C/C)CCC4C3)cc2)c(F)c1F. The molecule has 0 aliphatic heterocycles. The molecule has 2 fully saturated rings. The van der Waals surface area contributed by atoms with Crippen LogP contribution in [0.1, 0.15) is 67.3 Å². The van der Waals surface area contributed by atoms with E-state index in [2.05, 4.69) is 25.7 Å². The number of hydrogen-bond donors (Lipinski definition) is 0. The maximum atomic E-state index is 14.3. The Kier molecular flexibility index (Phi) is 7.81. The van der Waals surface area contributed by atoms with Gasteiger partial charge < -0.3 is 9.47 Å². The van der Waals surface area contributed by atoms with Crippen molar-refractivity contribution in [3.63, 3.8) is 0 Å². The van der Waals surface area contributed by atoms with E-state index in [1.807, 2.05) is 12.1 Å². The monoisotopic (exact) mass is 466 g/mol. The lowest BCUT2D eigenvalue weighted by atomic mass is 9.64. The van der Waals surface area contributed by atoms with Crippen molar-refractivity contribution in [1.29, 1.82) is 0 Å². The second-order valence-corrected chi connectivity index (χ2v) is 9.43. The second kappa shape index (κ2) is 11.0. The van der Waals surface area contributed by atoms with E-state index in [1.54, 1.807) is 12.1 Å². The molecule has 0 N–H and O–H groups in total. The van der Waals surface area contributed by atoms with E-state index >= 15 is 0 Å². The van der Waals surface area contributed by atoms with Gasteiger partial charge in [0, 0.05) is 0 Å². The molecular formula is C29H32F2O3. The van der Waals surface area contributed by atoms with Gasteiger partial charge in [-0.15, -0.1) is 0 Å². The highest BCUT2D eigenvalue weighted by molar-refractivity contribution is 5.91. The Balaban J connectivity index is 1.37. The molecule has 34 heavy (non-hydrogen) atoms. The number of allylic oxidation sites excluding steroid dienone is 2. The van der Waals surface area contributed by atoms with Gasteiger partial charge in [-0.2, -0.15) is 8.78 Å². The fraction of sp³-hybridized carbons (Fsp3) is 0.414. The number of carbonyl (C=O) groups excluding carboxylic acids is 1. The average Bonchev–Trinajstić information content (AvgIpc) is 2.86. The maximum absolute atomic E-state index is 14.3. The summed E-state index contributed by atoms with van der Waals surface area (Å²) in [6.45, 7) is 5.62. The first kappa shape index (κ1) is 24.2. The van der Waals surface area contributed by atoms with E-state index in [9.17, 15) is 13.6 Å². The van der Waals surface area contributed by atoms with Crippen LogP contribution in [0.3, 0.4) is 0 Å². The first-order chi connectivity index (χ1) is 16.5. The zero-order valence-corrected chi connectivity index (χ0v) is 19.6. The first-order valence-electron chi connectivity index (χ1n) is 12.2. The van der Waals surface area contributed by atoms with Gasteiger partial charge in [-0.3, -0.25) is 0 Å². The van der Waals surface area contributed by atoms with Crippen molar-refractivity contribution in [2.24, 2.45) is 17.8 Å². The minimum Gasteiger partial charge on any atom is -0.486 e. The van der Waals surface area contributed by atoms with E-state index in [0.29, 0.717) is 11.5 Å². The lowest BCUT2D eigenvalue weighted by Crippen LogP contribution is -2.30. The van der Waals surface area contributed by atoms with E-state index in [4.69, 9.17) is 9.47 Å². The Bertz CT molecular complexity index is 1040. The molecular weight excluding hydrogens is 434 g/mol. The van der Waals surface area contributed by atoms with Gasteiger partial charge in [-0.05, 0) is 98.9 Å². The molecule has 5 heteroatoms. The number of fused-ring (bicyclic) bond motifs is 1. The number of carbonyl (C=O) groups is 1. The lowest BCUT2D eigenvalue weighted by Gasteiger charge is -2.41. The van der Waals surface area contributed by atoms with Crippen molar-refractivity contribution in [2.75, 3.05) is 6.61 Å². The normalized spacial score (nSPS) is 24.4. The standard InChI is InChI=1S/C29H32F2O3/c1-3-5-19-6-7-24-18-23(13-12-22(24)17-19)20-8-10-21(11-9-20)29(32)34-26-15-14-25(33-16-4-2)27(30)28(26)31/h3-5,8-11,14-15,19,22-24H,2,6-7,12-13,16-18H2,1H3/b5-3+. The summed E-state index contributed by atoms with van der Waals surface area (Å²) in [6.07, 6.45) is 13.5. The zero-order valence-electron chi connectivity index (χ0n) is 19.6. The van der Waals surface area contributed by atoms with Crippen molar-refractivity contribution >= 4 is 5.97 Å². The smallest absolute Gasteiger partial charge is 0.343 e. The largest absolute Gasteiger partial charge is 0.486 e. The summed E-state index contributed by atoms with van der Waals surface area (Å²) in [6, 6.07) is 9.78. The van der Waals surface area contributed by atoms with Crippen LogP contribution in [0.5, 0.6) is 11.5 Å². The summed E-state index contributed by atoms with van der Waals surface area (Å²) in [7, 11) is 0. The molecule has 0 saturated heterocycles. The summed E-state index contributed by atoms with van der Waals surface area (Å²) in [5, 5.41) is 0. The number of ether oxygens (including phenoxy) is 2. The highest BCUT2D eigenvalue weighted by Gasteiger charge is 2.35. The van der Waals surface area contributed by atoms with Crippen molar-refractivity contribution in [2.45, 2.75) is 51.4 Å². The molecule has 0 aromatic heterocycles. The van der Waals surface area contributed by atoms with Gasteiger partial charge in [0.15, 0.2) is 11.5 Å². The molecule has 4 unspecified atom stereocenters. The minimum atomic E-state index is -1.26. The van der Waals surface area contributed by atoms with Crippen molar-refractivity contribution in [3.05, 3.63) is 84.0 Å². The van der Waals surface area contributed by atoms with E-state index < -0.39 is 23.4 Å². The Morgan fingerprint density at radius 1 is 0.971 bits per heavy atom. The Morgan fingerprint density at radius 3 is 2.38 bits per heavy atom. The van der Waals surface area contributed by atoms with Gasteiger partial charge in [-0.1, -0.05) is 36.9 Å². The van der Waals surface area contributed by atoms with Crippen molar-refractivity contribution in [1.82, 2.24) is 0 Å². The minimum absolute atomic E-state index is 0.0426. The van der Waals surface area contributed by atoms with Crippen molar-refractivity contribution in [3.8, 4) is 11.5 Å². The molecule has 0 spiro atoms. The van der Waals surface area contributed by atoms with Crippen LogP contribution in [0.4, 0.5) is 8.78 Å². The van der Waals surface area contributed by atoms with Crippen molar-refractivity contribution < 1.29 is 23.0 Å². The fourth-order valence-electron chi connectivity index (χ4n) is 5.58. The molecule has 4 atom stereocenters. The number of rotatable bonds is 7. The molecule has 180 valence electrons. The van der Waals surface area contributed by atoms with Crippen LogP contribution >= 0.6 is 0 Å². The summed E-state index contributed by atoms with van der Waals surface area (Å²) < 4.78 is 38.6. The molecule has 2 aromatic carbocycles. The van der Waals surface area contributed by atoms with Gasteiger partial charge in [0.2, 0.25) is 11.6 Å². The third-order valence-electron chi connectivity index (χ3n) is 7.31. The third kappa shape index (κ3) is 5.40. The number of hydrogen-bond acceptors (Lipinski definition) is 3. The predicted octanol–water partition coefficient (Wildman–Crippen LogP) is 7.62. The van der Waals surface area contributed by atoms with Crippen LogP contribution in [0.2, 0.25) is 0 Å². The predicted molar refractivity (Wildman–Crippen MR) is 129 cm³/mol. The van der Waals surface area contributed by atoms with Crippen LogP contribution < -0.4 is 9.47 Å². The lowest BCUT2D eigenvalue weighted by molar-refractivity contribution is 0.0726. The van der Waals surface area contributed by atoms with Crippen LogP contribution in [-0.4, -0.2) is 12.6 Å². The molecule has 4 rings (SSSR count). The second-order valence-electron chi connectivity index (χ2n) is 9.43. The highest BCUT2D eigenvalue weighted by atomic mass is 19.2. The average molecular weight is 467 g/mol. The summed E-state index contributed by atoms with van der Waals surface area (Å²) >= 11 is 0. The topological polar surface area (TPSA) is 35.5 Å². The zero-order chi connectivity index (χ0) is 24.1. The van der Waals surface area contributed by atoms with Crippen LogP contribution in [-0.2, 0) is 0 Å². The van der Waals surface area contributed by atoms with Gasteiger partial charge in [0.1, 0.15) is 6.61 Å². The van der Waals surface area contributed by atoms with Gasteiger partial charge >= 0.3 is 5.97 Å². The molecule has 2 aliphatic rings. The number of esters is 1. The molecule has 3 nitrogen and oxygen atoms in total. The summed E-state index contributed by atoms with van der Waals surface area (Å²) in [5.41, 5.74) is 1.53. The number of benzene rings is 2. The Hall–Kier alpha value is -2.95. The fourth-order valence-corrected chi connectivity index (χ4v) is 5.58. The van der Waals surface area contributed by atoms with Crippen LogP contribution in [0.15, 0.2) is 61.2 Å². The quantitative estimate of drug-likeness (QED) is 0.239. The Labute approximate surface area is 200 Å². The molecule has 0 bridgehead atoms. The molecule has 0 radical (unpaired) electrons. The molecule has 0 amide bonds. The summed E-state index contributed by atoms with van der Waals surface area (Å²) in [5.74, 6) is -1.07. The van der Waals surface area contributed by atoms with E-state index in [-0.39, 0.29) is 12.4 Å². The van der Waals surface area contributed by atoms with Gasteiger partial charge in [-0.25, -0.2) is 4.79 Å². The first-order valence-corrected chi connectivity index (χ1v) is 12.2. The van der Waals surface area contributed by atoms with Gasteiger partial charge in [0.25, 0.3) is 0 Å². The third-order valence-corrected chi connectivity index (χ3v) is 7.31. The summed E-state index contributed by atoms with van der Waals surface area (Å²) in [4.78, 5) is 12.5. The van der Waals surface area contributed by atoms with Gasteiger partial charge in [0.05, 0.1) is 5.56 Å². The Morgan fingerprint density at radius 2 is 1.65 bits per heavy atom. The molecule has 2 aromatic rings. The molecule has 0 heterocycles. The van der Waals surface area contributed by atoms with E-state index in [1.165, 1.54) is 55.9 Å². The molecule has 2 saturated carbocycles. The molecule has 2 aliphatic carbocycles. The highest BCUT2D eigenvalue weighted by Crippen LogP contribution is 2.47. The maximum Gasteiger partial charge on any atom is 0.343 e. The van der Waals surface area contributed by atoms with E-state index in [0.717, 1.165) is 24.2 Å². The van der Waals surface area contributed by atoms with Crippen LogP contribution in [0.25, 0.3) is 0 Å².